The standard InChI is InChI=1S/C18H18N2O3S/c1-5-20-9-14(18(22)23)16(21)13-7-6-12(8-15(13)20)17-19(4)10(2)11(3)24-17/h6-9H,5H2,1-4H3/p+1. The molecule has 0 saturated heterocycles. The van der Waals surface area contributed by atoms with E-state index in [0.717, 1.165) is 16.1 Å². The lowest BCUT2D eigenvalue weighted by Gasteiger charge is -2.10. The first kappa shape index (κ1) is 16.4. The van der Waals surface area contributed by atoms with Crippen LogP contribution in [0.1, 0.15) is 27.9 Å². The fraction of sp³-hybridized carbons (Fsp3) is 0.278. The molecule has 0 aliphatic carbocycles. The van der Waals surface area contributed by atoms with Crippen molar-refractivity contribution < 1.29 is 14.5 Å². The Kier molecular flexibility index (Phi) is 4.01. The molecule has 0 saturated carbocycles. The highest BCUT2D eigenvalue weighted by Crippen LogP contribution is 2.27. The van der Waals surface area contributed by atoms with Gasteiger partial charge in [-0.3, -0.25) is 4.79 Å². The van der Waals surface area contributed by atoms with Crippen LogP contribution in [0.5, 0.6) is 0 Å². The van der Waals surface area contributed by atoms with Crippen LogP contribution < -0.4 is 10.00 Å². The van der Waals surface area contributed by atoms with Crippen molar-refractivity contribution >= 4 is 28.2 Å². The van der Waals surface area contributed by atoms with Crippen LogP contribution in [-0.4, -0.2) is 15.6 Å². The molecule has 6 heteroatoms. The van der Waals surface area contributed by atoms with E-state index in [9.17, 15) is 14.7 Å². The zero-order valence-electron chi connectivity index (χ0n) is 14.1. The summed E-state index contributed by atoms with van der Waals surface area (Å²) in [7, 11) is 2.03. The van der Waals surface area contributed by atoms with Crippen molar-refractivity contribution in [3.8, 4) is 10.6 Å². The molecule has 1 N–H and O–H groups in total. The third kappa shape index (κ3) is 2.43. The molecule has 0 atom stereocenters. The van der Waals surface area contributed by atoms with Crippen LogP contribution in [0.15, 0.2) is 29.2 Å². The van der Waals surface area contributed by atoms with Crippen LogP contribution in [0.2, 0.25) is 0 Å². The molecule has 24 heavy (non-hydrogen) atoms. The Morgan fingerprint density at radius 2 is 2.04 bits per heavy atom. The van der Waals surface area contributed by atoms with E-state index >= 15 is 0 Å². The van der Waals surface area contributed by atoms with Gasteiger partial charge in [0.25, 0.3) is 5.01 Å². The molecule has 124 valence electrons. The molecular formula is C18H19N2O3S+. The van der Waals surface area contributed by atoms with E-state index in [-0.39, 0.29) is 5.56 Å². The van der Waals surface area contributed by atoms with Crippen LogP contribution >= 0.6 is 11.3 Å². The number of benzene rings is 1. The molecule has 0 radical (unpaired) electrons. The van der Waals surface area contributed by atoms with Crippen LogP contribution in [0.25, 0.3) is 21.5 Å². The van der Waals surface area contributed by atoms with Gasteiger partial charge in [-0.05, 0) is 32.0 Å². The van der Waals surface area contributed by atoms with Gasteiger partial charge >= 0.3 is 5.97 Å². The quantitative estimate of drug-likeness (QED) is 0.744. The summed E-state index contributed by atoms with van der Waals surface area (Å²) < 4.78 is 3.96. The average Bonchev–Trinajstić information content (AvgIpc) is 2.82. The second kappa shape index (κ2) is 5.87. The third-order valence-corrected chi connectivity index (χ3v) is 5.77. The fourth-order valence-electron chi connectivity index (χ4n) is 2.87. The predicted molar refractivity (Wildman–Crippen MR) is 94.8 cm³/mol. The minimum absolute atomic E-state index is 0.189. The van der Waals surface area contributed by atoms with Gasteiger partial charge in [0.05, 0.1) is 16.0 Å². The van der Waals surface area contributed by atoms with E-state index in [1.807, 2.05) is 30.7 Å². The van der Waals surface area contributed by atoms with Crippen molar-refractivity contribution in [3.05, 3.63) is 50.8 Å². The van der Waals surface area contributed by atoms with E-state index < -0.39 is 11.4 Å². The first-order valence-corrected chi connectivity index (χ1v) is 8.53. The van der Waals surface area contributed by atoms with E-state index in [0.29, 0.717) is 11.9 Å². The second-order valence-corrected chi connectivity index (χ2v) is 7.01. The van der Waals surface area contributed by atoms with Gasteiger partial charge in [0, 0.05) is 25.1 Å². The maximum atomic E-state index is 12.4. The van der Waals surface area contributed by atoms with Crippen molar-refractivity contribution in [2.45, 2.75) is 27.3 Å². The number of fused-ring (bicyclic) bond motifs is 1. The molecule has 0 aliphatic rings. The molecule has 5 nitrogen and oxygen atoms in total. The average molecular weight is 343 g/mol. The molecule has 1 aromatic carbocycles. The summed E-state index contributed by atoms with van der Waals surface area (Å²) in [6.07, 6.45) is 1.43. The number of carboxylic acids is 1. The Bertz CT molecular complexity index is 1030. The Morgan fingerprint density at radius 1 is 1.33 bits per heavy atom. The summed E-state index contributed by atoms with van der Waals surface area (Å²) in [6, 6.07) is 5.59. The number of pyridine rings is 1. The van der Waals surface area contributed by atoms with E-state index in [2.05, 4.69) is 18.4 Å². The van der Waals surface area contributed by atoms with Crippen molar-refractivity contribution in [1.82, 2.24) is 4.57 Å². The van der Waals surface area contributed by atoms with Crippen molar-refractivity contribution in [1.29, 1.82) is 0 Å². The first-order chi connectivity index (χ1) is 11.3. The zero-order chi connectivity index (χ0) is 17.6. The molecule has 0 aliphatic heterocycles. The smallest absolute Gasteiger partial charge is 0.341 e. The fourth-order valence-corrected chi connectivity index (χ4v) is 3.96. The minimum atomic E-state index is -1.19. The number of hydrogen-bond donors (Lipinski definition) is 1. The number of carboxylic acid groups (broad SMARTS) is 1. The summed E-state index contributed by atoms with van der Waals surface area (Å²) in [6.45, 7) is 6.69. The Morgan fingerprint density at radius 3 is 2.58 bits per heavy atom. The molecule has 0 fully saturated rings. The van der Waals surface area contributed by atoms with Crippen LogP contribution in [0.3, 0.4) is 0 Å². The lowest BCUT2D eigenvalue weighted by molar-refractivity contribution is -0.662. The SMILES string of the molecule is CCn1cc(C(=O)O)c(=O)c2ccc(-c3sc(C)c(C)[n+]3C)cc21. The Labute approximate surface area is 143 Å². The Balaban J connectivity index is 2.32. The van der Waals surface area contributed by atoms with Crippen molar-refractivity contribution in [2.75, 3.05) is 0 Å². The molecule has 0 unspecified atom stereocenters. The monoisotopic (exact) mass is 343 g/mol. The van der Waals surface area contributed by atoms with E-state index in [1.54, 1.807) is 17.4 Å². The lowest BCUT2D eigenvalue weighted by Crippen LogP contribution is -2.31. The molecule has 2 aromatic heterocycles. The summed E-state index contributed by atoms with van der Waals surface area (Å²) in [5, 5.41) is 10.8. The van der Waals surface area contributed by atoms with Crippen LogP contribution in [0, 0.1) is 13.8 Å². The van der Waals surface area contributed by atoms with Crippen LogP contribution in [-0.2, 0) is 13.6 Å². The van der Waals surface area contributed by atoms with Gasteiger partial charge in [-0.1, -0.05) is 11.3 Å². The number of aromatic carboxylic acids is 1. The highest BCUT2D eigenvalue weighted by atomic mass is 32.1. The number of nitrogens with zero attached hydrogens (tertiary/aromatic N) is 2. The summed E-state index contributed by atoms with van der Waals surface area (Å²) in [5.41, 5.74) is 2.37. The van der Waals surface area contributed by atoms with E-state index in [4.69, 9.17) is 0 Å². The maximum absolute atomic E-state index is 12.4. The molecule has 0 spiro atoms. The molecule has 3 aromatic rings. The summed E-state index contributed by atoms with van der Waals surface area (Å²) in [4.78, 5) is 25.0. The van der Waals surface area contributed by atoms with Gasteiger partial charge < -0.3 is 9.67 Å². The topological polar surface area (TPSA) is 63.2 Å². The van der Waals surface area contributed by atoms with Gasteiger partial charge in [0.1, 0.15) is 12.6 Å². The van der Waals surface area contributed by atoms with Gasteiger partial charge in [-0.15, -0.1) is 0 Å². The first-order valence-electron chi connectivity index (χ1n) is 7.72. The highest BCUT2D eigenvalue weighted by Gasteiger charge is 2.21. The van der Waals surface area contributed by atoms with Crippen LogP contribution in [0.4, 0.5) is 0 Å². The van der Waals surface area contributed by atoms with Crippen molar-refractivity contribution in [3.63, 3.8) is 0 Å². The normalized spacial score (nSPS) is 11.2. The second-order valence-electron chi connectivity index (χ2n) is 5.80. The molecule has 2 heterocycles. The number of aryl methyl sites for hydroxylation is 2. The number of hydrogen-bond acceptors (Lipinski definition) is 3. The highest BCUT2D eigenvalue weighted by molar-refractivity contribution is 7.14. The lowest BCUT2D eigenvalue weighted by atomic mass is 10.1. The van der Waals surface area contributed by atoms with Gasteiger partial charge in [0.2, 0.25) is 5.43 Å². The van der Waals surface area contributed by atoms with E-state index in [1.165, 1.54) is 16.8 Å². The molecule has 0 amide bonds. The van der Waals surface area contributed by atoms with Gasteiger partial charge in [-0.2, -0.15) is 4.57 Å². The molecule has 3 rings (SSSR count). The number of carbonyl (C=O) groups is 1. The van der Waals surface area contributed by atoms with Gasteiger partial charge in [-0.25, -0.2) is 4.79 Å². The summed E-state index contributed by atoms with van der Waals surface area (Å²) >= 11 is 1.71. The number of aromatic nitrogens is 2. The van der Waals surface area contributed by atoms with Crippen molar-refractivity contribution in [2.24, 2.45) is 7.05 Å². The summed E-state index contributed by atoms with van der Waals surface area (Å²) in [5.74, 6) is -1.19. The Hall–Kier alpha value is -2.47. The predicted octanol–water partition coefficient (Wildman–Crippen LogP) is 2.89. The molecule has 0 bridgehead atoms. The van der Waals surface area contributed by atoms with Gasteiger partial charge in [0.15, 0.2) is 5.69 Å². The number of thiazole rings is 1. The maximum Gasteiger partial charge on any atom is 0.341 e. The zero-order valence-corrected chi connectivity index (χ0v) is 14.9. The number of rotatable bonds is 3. The third-order valence-electron chi connectivity index (χ3n) is 4.47. The minimum Gasteiger partial charge on any atom is -0.477 e. The largest absolute Gasteiger partial charge is 0.477 e. The molecular weight excluding hydrogens is 324 g/mol.